The molecule has 0 bridgehead atoms. The fourth-order valence-corrected chi connectivity index (χ4v) is 2.62. The number of methoxy groups -OCH3 is 1. The van der Waals surface area contributed by atoms with E-state index in [1.165, 1.54) is 0 Å². The predicted octanol–water partition coefficient (Wildman–Crippen LogP) is 2.53. The lowest BCUT2D eigenvalue weighted by Crippen LogP contribution is -2.38. The first-order chi connectivity index (χ1) is 9.69. The van der Waals surface area contributed by atoms with Gasteiger partial charge < -0.3 is 15.4 Å². The summed E-state index contributed by atoms with van der Waals surface area (Å²) in [5.41, 5.74) is 0.880. The summed E-state index contributed by atoms with van der Waals surface area (Å²) in [4.78, 5) is 9.70. The molecule has 0 saturated heterocycles. The second kappa shape index (κ2) is 7.28. The van der Waals surface area contributed by atoms with Gasteiger partial charge in [0.1, 0.15) is 0 Å². The van der Waals surface area contributed by atoms with E-state index in [1.54, 1.807) is 24.6 Å². The van der Waals surface area contributed by atoms with E-state index in [4.69, 9.17) is 17.0 Å². The topological polar surface area (TPSA) is 59.1 Å². The standard InChI is InChI=1S/C13H16N4OS2/c1-9(8-18-2)15-13(19)17-12-14-6-5-10(16-12)11-4-3-7-20-11/h3-7,9H,8H2,1-2H3,(H2,14,15,16,17,19)/t9-/m0/s1. The Kier molecular flexibility index (Phi) is 5.40. The van der Waals surface area contributed by atoms with Crippen LogP contribution in [-0.2, 0) is 4.74 Å². The van der Waals surface area contributed by atoms with Crippen LogP contribution in [0.15, 0.2) is 29.8 Å². The molecule has 2 rings (SSSR count). The average Bonchev–Trinajstić information content (AvgIpc) is 2.92. The first-order valence-electron chi connectivity index (χ1n) is 6.12. The quantitative estimate of drug-likeness (QED) is 0.828. The molecule has 7 heteroatoms. The van der Waals surface area contributed by atoms with Crippen LogP contribution in [-0.4, -0.2) is 34.8 Å². The Hall–Kier alpha value is -1.57. The van der Waals surface area contributed by atoms with Gasteiger partial charge in [-0.3, -0.25) is 0 Å². The summed E-state index contributed by atoms with van der Waals surface area (Å²) in [5, 5.41) is 8.58. The molecule has 0 unspecified atom stereocenters. The highest BCUT2D eigenvalue weighted by atomic mass is 32.1. The Morgan fingerprint density at radius 1 is 1.50 bits per heavy atom. The van der Waals surface area contributed by atoms with Crippen LogP contribution in [0.25, 0.3) is 10.6 Å². The highest BCUT2D eigenvalue weighted by Crippen LogP contribution is 2.22. The minimum atomic E-state index is 0.125. The highest BCUT2D eigenvalue weighted by molar-refractivity contribution is 7.80. The number of thiocarbonyl (C=S) groups is 1. The van der Waals surface area contributed by atoms with Crippen molar-refractivity contribution in [2.24, 2.45) is 0 Å². The van der Waals surface area contributed by atoms with Crippen molar-refractivity contribution >= 4 is 34.6 Å². The van der Waals surface area contributed by atoms with Gasteiger partial charge >= 0.3 is 0 Å². The van der Waals surface area contributed by atoms with Crippen LogP contribution in [0.3, 0.4) is 0 Å². The summed E-state index contributed by atoms with van der Waals surface area (Å²) in [7, 11) is 1.66. The SMILES string of the molecule is COC[C@H](C)NC(=S)Nc1nccc(-c2cccs2)n1. The van der Waals surface area contributed by atoms with Gasteiger partial charge in [0.25, 0.3) is 0 Å². The van der Waals surface area contributed by atoms with E-state index >= 15 is 0 Å². The van der Waals surface area contributed by atoms with E-state index in [2.05, 4.69) is 20.6 Å². The molecule has 20 heavy (non-hydrogen) atoms. The first-order valence-corrected chi connectivity index (χ1v) is 7.41. The van der Waals surface area contributed by atoms with Crippen LogP contribution >= 0.6 is 23.6 Å². The molecule has 0 aliphatic rings. The molecule has 5 nitrogen and oxygen atoms in total. The second-order valence-corrected chi connectivity index (χ2v) is 5.55. The Labute approximate surface area is 127 Å². The van der Waals surface area contributed by atoms with Gasteiger partial charge in [-0.05, 0) is 36.7 Å². The van der Waals surface area contributed by atoms with E-state index in [0.29, 0.717) is 17.7 Å². The molecule has 1 atom stereocenters. The maximum atomic E-state index is 5.21. The number of aromatic nitrogens is 2. The molecule has 0 fully saturated rings. The lowest BCUT2D eigenvalue weighted by molar-refractivity contribution is 0.179. The smallest absolute Gasteiger partial charge is 0.229 e. The van der Waals surface area contributed by atoms with Gasteiger partial charge in [0.2, 0.25) is 5.95 Å². The van der Waals surface area contributed by atoms with Crippen LogP contribution < -0.4 is 10.6 Å². The molecule has 0 amide bonds. The Morgan fingerprint density at radius 3 is 3.05 bits per heavy atom. The van der Waals surface area contributed by atoms with Gasteiger partial charge in [0.05, 0.1) is 17.2 Å². The molecule has 2 aromatic heterocycles. The second-order valence-electron chi connectivity index (χ2n) is 4.20. The van der Waals surface area contributed by atoms with Crippen molar-refractivity contribution in [1.82, 2.24) is 15.3 Å². The molecule has 2 aromatic rings. The van der Waals surface area contributed by atoms with Crippen LogP contribution in [0.2, 0.25) is 0 Å². The summed E-state index contributed by atoms with van der Waals surface area (Å²) < 4.78 is 5.04. The monoisotopic (exact) mass is 308 g/mol. The number of ether oxygens (including phenoxy) is 1. The maximum Gasteiger partial charge on any atom is 0.229 e. The van der Waals surface area contributed by atoms with Gasteiger partial charge in [-0.2, -0.15) is 0 Å². The number of nitrogens with zero attached hydrogens (tertiary/aromatic N) is 2. The van der Waals surface area contributed by atoms with Gasteiger partial charge in [-0.1, -0.05) is 6.07 Å². The fraction of sp³-hybridized carbons (Fsp3) is 0.308. The third-order valence-corrected chi connectivity index (χ3v) is 3.56. The van der Waals surface area contributed by atoms with Crippen molar-refractivity contribution in [2.45, 2.75) is 13.0 Å². The molecular formula is C13H16N4OS2. The molecule has 0 radical (unpaired) electrons. The third kappa shape index (κ3) is 4.22. The fourth-order valence-electron chi connectivity index (χ4n) is 1.63. The van der Waals surface area contributed by atoms with Crippen molar-refractivity contribution in [1.29, 1.82) is 0 Å². The van der Waals surface area contributed by atoms with Crippen molar-refractivity contribution < 1.29 is 4.74 Å². The van der Waals surface area contributed by atoms with E-state index in [-0.39, 0.29) is 6.04 Å². The average molecular weight is 308 g/mol. The Bertz CT molecular complexity index is 559. The number of hydrogen-bond donors (Lipinski definition) is 2. The minimum Gasteiger partial charge on any atom is -0.383 e. The van der Waals surface area contributed by atoms with Crippen LogP contribution in [0.1, 0.15) is 6.92 Å². The van der Waals surface area contributed by atoms with Crippen molar-refractivity contribution in [3.05, 3.63) is 29.8 Å². The van der Waals surface area contributed by atoms with Gasteiger partial charge in [-0.25, -0.2) is 9.97 Å². The molecule has 0 spiro atoms. The van der Waals surface area contributed by atoms with Crippen molar-refractivity contribution in [3.8, 4) is 10.6 Å². The highest BCUT2D eigenvalue weighted by Gasteiger charge is 2.07. The van der Waals surface area contributed by atoms with Crippen molar-refractivity contribution in [2.75, 3.05) is 19.0 Å². The summed E-state index contributed by atoms with van der Waals surface area (Å²) in [6.45, 7) is 2.57. The molecule has 0 aliphatic carbocycles. The maximum absolute atomic E-state index is 5.21. The lowest BCUT2D eigenvalue weighted by atomic mass is 10.3. The number of hydrogen-bond acceptors (Lipinski definition) is 5. The number of rotatable bonds is 5. The van der Waals surface area contributed by atoms with Gasteiger partial charge in [0.15, 0.2) is 5.11 Å². The molecular weight excluding hydrogens is 292 g/mol. The molecule has 0 aliphatic heterocycles. The van der Waals surface area contributed by atoms with E-state index < -0.39 is 0 Å². The lowest BCUT2D eigenvalue weighted by Gasteiger charge is -2.15. The number of thiophene rings is 1. The van der Waals surface area contributed by atoms with Gasteiger partial charge in [0, 0.05) is 19.3 Å². The van der Waals surface area contributed by atoms with E-state index in [0.717, 1.165) is 10.6 Å². The molecule has 2 heterocycles. The Balaban J connectivity index is 1.99. The Morgan fingerprint density at radius 2 is 2.35 bits per heavy atom. The molecule has 0 aromatic carbocycles. The molecule has 2 N–H and O–H groups in total. The van der Waals surface area contributed by atoms with Crippen molar-refractivity contribution in [3.63, 3.8) is 0 Å². The summed E-state index contributed by atoms with van der Waals surface area (Å²) in [5.74, 6) is 0.484. The zero-order valence-electron chi connectivity index (χ0n) is 11.3. The first kappa shape index (κ1) is 14.8. The number of nitrogens with one attached hydrogen (secondary N) is 2. The van der Waals surface area contributed by atoms with E-state index in [9.17, 15) is 0 Å². The largest absolute Gasteiger partial charge is 0.383 e. The normalized spacial score (nSPS) is 11.9. The van der Waals surface area contributed by atoms with Crippen LogP contribution in [0.4, 0.5) is 5.95 Å². The van der Waals surface area contributed by atoms with Crippen LogP contribution in [0, 0.1) is 0 Å². The van der Waals surface area contributed by atoms with E-state index in [1.807, 2.05) is 30.5 Å². The minimum absolute atomic E-state index is 0.125. The molecule has 106 valence electrons. The summed E-state index contributed by atoms with van der Waals surface area (Å²) in [6.07, 6.45) is 1.71. The van der Waals surface area contributed by atoms with Crippen LogP contribution in [0.5, 0.6) is 0 Å². The summed E-state index contributed by atoms with van der Waals surface area (Å²) in [6, 6.07) is 6.02. The summed E-state index contributed by atoms with van der Waals surface area (Å²) >= 11 is 6.85. The zero-order valence-corrected chi connectivity index (χ0v) is 12.9. The zero-order chi connectivity index (χ0) is 14.4. The number of anilines is 1. The molecule has 0 saturated carbocycles. The predicted molar refractivity (Wildman–Crippen MR) is 86.0 cm³/mol. The third-order valence-electron chi connectivity index (χ3n) is 2.45. The van der Waals surface area contributed by atoms with Gasteiger partial charge in [-0.15, -0.1) is 11.3 Å².